The summed E-state index contributed by atoms with van der Waals surface area (Å²) in [5, 5.41) is 20.9. The zero-order valence-corrected chi connectivity index (χ0v) is 15.0. The van der Waals surface area contributed by atoms with Gasteiger partial charge in [-0.05, 0) is 24.8 Å². The standard InChI is InChI=1S/C22H26N2O/c1-24(2)21(17-9-5-3-6-10-17)19-15-22(16-23,14-13-20(19)25)18-11-7-4-8-12-18/h3-12,19-21,25H,13-15H2,1-2H3/p+1/t19-,20-,21-,22-/m0/s1. The Hall–Kier alpha value is -2.15. The molecule has 3 nitrogen and oxygen atoms in total. The van der Waals surface area contributed by atoms with Crippen LogP contribution in [0.2, 0.25) is 0 Å². The van der Waals surface area contributed by atoms with Crippen LogP contribution in [0.4, 0.5) is 0 Å². The fourth-order valence-electron chi connectivity index (χ4n) is 4.44. The average molecular weight is 335 g/mol. The van der Waals surface area contributed by atoms with Crippen LogP contribution in [0.15, 0.2) is 60.7 Å². The quantitative estimate of drug-likeness (QED) is 0.902. The SMILES string of the molecule is C[NH+](C)[C@@H](c1ccccc1)[C@H]1C[C@@](C#N)(c2ccccc2)CC[C@@H]1O. The van der Waals surface area contributed by atoms with Gasteiger partial charge in [-0.2, -0.15) is 5.26 Å². The molecule has 2 aromatic rings. The molecular formula is C22H27N2O+. The molecule has 3 heteroatoms. The van der Waals surface area contributed by atoms with Gasteiger partial charge >= 0.3 is 0 Å². The van der Waals surface area contributed by atoms with Gasteiger partial charge in [-0.1, -0.05) is 60.7 Å². The fourth-order valence-corrected chi connectivity index (χ4v) is 4.44. The van der Waals surface area contributed by atoms with Crippen LogP contribution >= 0.6 is 0 Å². The Morgan fingerprint density at radius 1 is 1.08 bits per heavy atom. The number of quaternary nitrogens is 1. The van der Waals surface area contributed by atoms with Crippen LogP contribution in [0.25, 0.3) is 0 Å². The van der Waals surface area contributed by atoms with Crippen LogP contribution in [0.3, 0.4) is 0 Å². The Morgan fingerprint density at radius 3 is 2.24 bits per heavy atom. The van der Waals surface area contributed by atoms with Gasteiger partial charge in [0.25, 0.3) is 0 Å². The molecule has 0 unspecified atom stereocenters. The molecule has 0 aromatic heterocycles. The summed E-state index contributed by atoms with van der Waals surface area (Å²) >= 11 is 0. The van der Waals surface area contributed by atoms with Gasteiger partial charge in [0.2, 0.25) is 0 Å². The largest absolute Gasteiger partial charge is 0.393 e. The van der Waals surface area contributed by atoms with E-state index in [4.69, 9.17) is 0 Å². The highest BCUT2D eigenvalue weighted by molar-refractivity contribution is 5.34. The molecule has 1 saturated carbocycles. The van der Waals surface area contributed by atoms with Crippen LogP contribution < -0.4 is 4.90 Å². The van der Waals surface area contributed by atoms with E-state index >= 15 is 0 Å². The molecule has 25 heavy (non-hydrogen) atoms. The molecular weight excluding hydrogens is 308 g/mol. The topological polar surface area (TPSA) is 48.5 Å². The lowest BCUT2D eigenvalue weighted by Gasteiger charge is -2.42. The van der Waals surface area contributed by atoms with E-state index in [0.29, 0.717) is 12.8 Å². The Labute approximate surface area is 150 Å². The summed E-state index contributed by atoms with van der Waals surface area (Å²) in [7, 11) is 4.27. The molecule has 0 aliphatic heterocycles. The molecule has 1 aliphatic rings. The minimum Gasteiger partial charge on any atom is -0.393 e. The summed E-state index contributed by atoms with van der Waals surface area (Å²) in [5.74, 6) is 0.0565. The number of rotatable bonds is 4. The van der Waals surface area contributed by atoms with E-state index < -0.39 is 5.41 Å². The molecule has 3 rings (SSSR count). The molecule has 2 aromatic carbocycles. The highest BCUT2D eigenvalue weighted by Gasteiger charge is 2.47. The highest BCUT2D eigenvalue weighted by Crippen LogP contribution is 2.45. The normalized spacial score (nSPS) is 27.6. The second kappa shape index (κ2) is 7.39. The van der Waals surface area contributed by atoms with Gasteiger partial charge in [0.05, 0.1) is 31.7 Å². The van der Waals surface area contributed by atoms with Crippen molar-refractivity contribution in [3.8, 4) is 6.07 Å². The third kappa shape index (κ3) is 3.46. The Balaban J connectivity index is 1.98. The van der Waals surface area contributed by atoms with E-state index in [-0.39, 0.29) is 18.1 Å². The van der Waals surface area contributed by atoms with Crippen LogP contribution in [0.5, 0.6) is 0 Å². The second-order valence-corrected chi connectivity index (χ2v) is 7.50. The summed E-state index contributed by atoms with van der Waals surface area (Å²) in [6.45, 7) is 0. The van der Waals surface area contributed by atoms with Crippen LogP contribution in [-0.4, -0.2) is 25.3 Å². The molecule has 2 N–H and O–H groups in total. The van der Waals surface area contributed by atoms with Gasteiger partial charge in [-0.15, -0.1) is 0 Å². The third-order valence-corrected chi connectivity index (χ3v) is 5.69. The predicted octanol–water partition coefficient (Wildman–Crippen LogP) is 2.49. The molecule has 0 amide bonds. The third-order valence-electron chi connectivity index (χ3n) is 5.69. The summed E-state index contributed by atoms with van der Waals surface area (Å²) in [6, 6.07) is 23.3. The second-order valence-electron chi connectivity index (χ2n) is 7.50. The Morgan fingerprint density at radius 2 is 1.68 bits per heavy atom. The number of aliphatic hydroxyl groups excluding tert-OH is 1. The summed E-state index contributed by atoms with van der Waals surface area (Å²) in [4.78, 5) is 1.29. The molecule has 1 aliphatic carbocycles. The summed E-state index contributed by atoms with van der Waals surface area (Å²) in [6.07, 6.45) is 1.71. The van der Waals surface area contributed by atoms with Crippen molar-refractivity contribution in [3.05, 3.63) is 71.8 Å². The van der Waals surface area contributed by atoms with E-state index in [1.165, 1.54) is 10.5 Å². The van der Waals surface area contributed by atoms with Crippen molar-refractivity contribution in [3.63, 3.8) is 0 Å². The molecule has 0 bridgehead atoms. The maximum atomic E-state index is 10.8. The van der Waals surface area contributed by atoms with E-state index in [1.807, 2.05) is 24.3 Å². The lowest BCUT2D eigenvalue weighted by atomic mass is 9.63. The zero-order valence-electron chi connectivity index (χ0n) is 15.0. The lowest BCUT2D eigenvalue weighted by molar-refractivity contribution is -0.898. The van der Waals surface area contributed by atoms with Gasteiger partial charge in [0, 0.05) is 11.5 Å². The molecule has 0 saturated heterocycles. The highest BCUT2D eigenvalue weighted by atomic mass is 16.3. The smallest absolute Gasteiger partial charge is 0.118 e. The fraction of sp³-hybridized carbons (Fsp3) is 0.409. The van der Waals surface area contributed by atoms with Gasteiger partial charge in [-0.25, -0.2) is 0 Å². The molecule has 0 heterocycles. The molecule has 0 spiro atoms. The minimum absolute atomic E-state index is 0.0565. The molecule has 1 fully saturated rings. The van der Waals surface area contributed by atoms with Crippen LogP contribution in [-0.2, 0) is 5.41 Å². The maximum Gasteiger partial charge on any atom is 0.118 e. The summed E-state index contributed by atoms with van der Waals surface area (Å²) < 4.78 is 0. The first-order valence-corrected chi connectivity index (χ1v) is 9.07. The average Bonchev–Trinajstić information content (AvgIpc) is 2.65. The van der Waals surface area contributed by atoms with Crippen molar-refractivity contribution in [2.75, 3.05) is 14.1 Å². The Kier molecular flexibility index (Phi) is 5.22. The van der Waals surface area contributed by atoms with Crippen molar-refractivity contribution < 1.29 is 10.0 Å². The number of aliphatic hydroxyl groups is 1. The first kappa shape index (κ1) is 17.7. The monoisotopic (exact) mass is 335 g/mol. The minimum atomic E-state index is -0.506. The van der Waals surface area contributed by atoms with Crippen LogP contribution in [0.1, 0.15) is 36.4 Å². The van der Waals surface area contributed by atoms with Gasteiger partial charge in [0.15, 0.2) is 0 Å². The first-order chi connectivity index (χ1) is 12.1. The van der Waals surface area contributed by atoms with E-state index in [1.54, 1.807) is 0 Å². The number of hydrogen-bond acceptors (Lipinski definition) is 2. The van der Waals surface area contributed by atoms with Crippen molar-refractivity contribution in [2.45, 2.75) is 36.8 Å². The first-order valence-electron chi connectivity index (χ1n) is 9.07. The van der Waals surface area contributed by atoms with E-state index in [9.17, 15) is 10.4 Å². The van der Waals surface area contributed by atoms with Crippen molar-refractivity contribution in [1.82, 2.24) is 0 Å². The number of benzene rings is 2. The number of hydrogen-bond donors (Lipinski definition) is 2. The number of nitriles is 1. The van der Waals surface area contributed by atoms with E-state index in [2.05, 4.69) is 56.6 Å². The molecule has 4 atom stereocenters. The maximum absolute atomic E-state index is 10.8. The Bertz CT molecular complexity index is 723. The lowest BCUT2D eigenvalue weighted by Crippen LogP contribution is -3.07. The van der Waals surface area contributed by atoms with Crippen LogP contribution in [0, 0.1) is 17.2 Å². The van der Waals surface area contributed by atoms with E-state index in [0.717, 1.165) is 12.0 Å². The van der Waals surface area contributed by atoms with Crippen molar-refractivity contribution >= 4 is 0 Å². The molecule has 130 valence electrons. The summed E-state index contributed by atoms with van der Waals surface area (Å²) in [5.41, 5.74) is 1.80. The van der Waals surface area contributed by atoms with Gasteiger partial charge in [0.1, 0.15) is 6.04 Å². The van der Waals surface area contributed by atoms with Crippen molar-refractivity contribution in [1.29, 1.82) is 5.26 Å². The number of nitrogens with zero attached hydrogens (tertiary/aromatic N) is 1. The van der Waals surface area contributed by atoms with Gasteiger partial charge in [-0.3, -0.25) is 0 Å². The molecule has 0 radical (unpaired) electrons. The number of nitrogens with one attached hydrogen (secondary N) is 1. The predicted molar refractivity (Wildman–Crippen MR) is 99.1 cm³/mol. The zero-order chi connectivity index (χ0) is 17.9. The van der Waals surface area contributed by atoms with Gasteiger partial charge < -0.3 is 10.0 Å². The van der Waals surface area contributed by atoms with Crippen molar-refractivity contribution in [2.24, 2.45) is 5.92 Å².